The molecular weight excluding hydrogens is 310 g/mol. The second-order valence-corrected chi connectivity index (χ2v) is 5.46. The highest BCUT2D eigenvalue weighted by Crippen LogP contribution is 2.19. The lowest BCUT2D eigenvalue weighted by atomic mass is 10.2. The molecule has 0 aromatic carbocycles. The molecule has 0 aliphatic heterocycles. The zero-order valence-corrected chi connectivity index (χ0v) is 12.7. The van der Waals surface area contributed by atoms with E-state index in [0.717, 1.165) is 12.8 Å². The molecular formula is C16H15N5O3. The lowest BCUT2D eigenvalue weighted by Crippen LogP contribution is -2.26. The third-order valence-corrected chi connectivity index (χ3v) is 3.45. The second-order valence-electron chi connectivity index (χ2n) is 5.46. The summed E-state index contributed by atoms with van der Waals surface area (Å²) < 4.78 is 0. The van der Waals surface area contributed by atoms with Crippen LogP contribution in [0.5, 0.6) is 0 Å². The van der Waals surface area contributed by atoms with Gasteiger partial charge in [0.1, 0.15) is 5.69 Å². The van der Waals surface area contributed by atoms with Crippen LogP contribution in [0.25, 0.3) is 0 Å². The van der Waals surface area contributed by atoms with Gasteiger partial charge in [0.2, 0.25) is 5.91 Å². The zero-order valence-electron chi connectivity index (χ0n) is 12.7. The molecule has 4 N–H and O–H groups in total. The molecule has 122 valence electrons. The Morgan fingerprint density at radius 3 is 2.58 bits per heavy atom. The molecule has 0 unspecified atom stereocenters. The average molecular weight is 325 g/mol. The molecule has 1 fully saturated rings. The molecule has 1 saturated carbocycles. The van der Waals surface area contributed by atoms with Crippen LogP contribution in [0.4, 0.5) is 5.69 Å². The Labute approximate surface area is 137 Å². The first-order valence-electron chi connectivity index (χ1n) is 7.36. The van der Waals surface area contributed by atoms with Crippen LogP contribution in [0.3, 0.4) is 0 Å². The van der Waals surface area contributed by atoms with Crippen molar-refractivity contribution in [3.8, 4) is 0 Å². The van der Waals surface area contributed by atoms with Crippen molar-refractivity contribution >= 4 is 23.4 Å². The van der Waals surface area contributed by atoms with Gasteiger partial charge in [-0.15, -0.1) is 0 Å². The zero-order chi connectivity index (χ0) is 17.1. The SMILES string of the molecule is NC(=O)c1cncc(NC(=O)c2ccnc(C(=O)NC3CC3)c2)c1. The topological polar surface area (TPSA) is 127 Å². The van der Waals surface area contributed by atoms with Gasteiger partial charge in [0.25, 0.3) is 11.8 Å². The fraction of sp³-hybridized carbons (Fsp3) is 0.188. The minimum Gasteiger partial charge on any atom is -0.366 e. The minimum absolute atomic E-state index is 0.179. The van der Waals surface area contributed by atoms with E-state index in [2.05, 4.69) is 20.6 Å². The Morgan fingerprint density at radius 1 is 1.08 bits per heavy atom. The number of nitrogens with zero attached hydrogens (tertiary/aromatic N) is 2. The largest absolute Gasteiger partial charge is 0.366 e. The lowest BCUT2D eigenvalue weighted by molar-refractivity contribution is 0.0945. The van der Waals surface area contributed by atoms with Crippen LogP contribution >= 0.6 is 0 Å². The third kappa shape index (κ3) is 3.72. The number of carbonyl (C=O) groups is 3. The van der Waals surface area contributed by atoms with Crippen LogP contribution in [0.2, 0.25) is 0 Å². The Kier molecular flexibility index (Phi) is 4.19. The molecule has 2 heterocycles. The summed E-state index contributed by atoms with van der Waals surface area (Å²) in [4.78, 5) is 43.2. The van der Waals surface area contributed by atoms with Crippen molar-refractivity contribution in [2.45, 2.75) is 18.9 Å². The van der Waals surface area contributed by atoms with Gasteiger partial charge >= 0.3 is 0 Å². The predicted octanol–water partition coefficient (Wildman–Crippen LogP) is 0.720. The monoisotopic (exact) mass is 325 g/mol. The van der Waals surface area contributed by atoms with Gasteiger partial charge < -0.3 is 16.4 Å². The van der Waals surface area contributed by atoms with Crippen molar-refractivity contribution in [2.75, 3.05) is 5.32 Å². The van der Waals surface area contributed by atoms with Crippen LogP contribution in [0.1, 0.15) is 44.0 Å². The molecule has 24 heavy (non-hydrogen) atoms. The van der Waals surface area contributed by atoms with Crippen molar-refractivity contribution in [1.82, 2.24) is 15.3 Å². The van der Waals surface area contributed by atoms with Crippen LogP contribution in [-0.4, -0.2) is 33.7 Å². The Bertz CT molecular complexity index is 817. The maximum atomic E-state index is 12.3. The van der Waals surface area contributed by atoms with Gasteiger partial charge in [-0.2, -0.15) is 0 Å². The van der Waals surface area contributed by atoms with Gasteiger partial charge in [-0.05, 0) is 31.0 Å². The lowest BCUT2D eigenvalue weighted by Gasteiger charge is -2.07. The smallest absolute Gasteiger partial charge is 0.270 e. The summed E-state index contributed by atoms with van der Waals surface area (Å²) in [6, 6.07) is 4.54. The highest BCUT2D eigenvalue weighted by atomic mass is 16.2. The molecule has 2 aromatic heterocycles. The Balaban J connectivity index is 1.73. The fourth-order valence-electron chi connectivity index (χ4n) is 2.03. The molecule has 0 saturated heterocycles. The van der Waals surface area contributed by atoms with Crippen LogP contribution in [-0.2, 0) is 0 Å². The summed E-state index contributed by atoms with van der Waals surface area (Å²) in [6.07, 6.45) is 6.04. The van der Waals surface area contributed by atoms with Crippen molar-refractivity contribution < 1.29 is 14.4 Å². The number of hydrogen-bond acceptors (Lipinski definition) is 5. The van der Waals surface area contributed by atoms with Crippen LogP contribution in [0.15, 0.2) is 36.8 Å². The molecule has 0 radical (unpaired) electrons. The normalized spacial score (nSPS) is 13.2. The van der Waals surface area contributed by atoms with Crippen molar-refractivity contribution in [3.05, 3.63) is 53.6 Å². The van der Waals surface area contributed by atoms with Gasteiger partial charge in [-0.1, -0.05) is 0 Å². The summed E-state index contributed by atoms with van der Waals surface area (Å²) in [5, 5.41) is 5.42. The van der Waals surface area contributed by atoms with Gasteiger partial charge in [0.15, 0.2) is 0 Å². The van der Waals surface area contributed by atoms with E-state index in [1.165, 1.54) is 36.8 Å². The number of amides is 3. The van der Waals surface area contributed by atoms with Crippen molar-refractivity contribution in [2.24, 2.45) is 5.73 Å². The maximum Gasteiger partial charge on any atom is 0.270 e. The fourth-order valence-corrected chi connectivity index (χ4v) is 2.03. The first kappa shape index (κ1) is 15.6. The second kappa shape index (κ2) is 6.45. The highest BCUT2D eigenvalue weighted by molar-refractivity contribution is 6.06. The maximum absolute atomic E-state index is 12.3. The Morgan fingerprint density at radius 2 is 1.88 bits per heavy atom. The molecule has 3 amide bonds. The number of nitrogens with two attached hydrogens (primary N) is 1. The third-order valence-electron chi connectivity index (χ3n) is 3.45. The predicted molar refractivity (Wildman–Crippen MR) is 85.4 cm³/mol. The van der Waals surface area contributed by atoms with Crippen LogP contribution < -0.4 is 16.4 Å². The number of pyridine rings is 2. The van der Waals surface area contributed by atoms with E-state index >= 15 is 0 Å². The van der Waals surface area contributed by atoms with E-state index in [1.807, 2.05) is 0 Å². The van der Waals surface area contributed by atoms with E-state index in [4.69, 9.17) is 5.73 Å². The molecule has 1 aliphatic carbocycles. The molecule has 1 aliphatic rings. The molecule has 8 heteroatoms. The number of hydrogen-bond donors (Lipinski definition) is 3. The summed E-state index contributed by atoms with van der Waals surface area (Å²) in [7, 11) is 0. The summed E-state index contributed by atoms with van der Waals surface area (Å²) in [5.74, 6) is -1.38. The molecule has 0 atom stereocenters. The average Bonchev–Trinajstić information content (AvgIpc) is 3.39. The first-order chi connectivity index (χ1) is 11.5. The first-order valence-corrected chi connectivity index (χ1v) is 7.36. The number of nitrogens with one attached hydrogen (secondary N) is 2. The number of aromatic nitrogens is 2. The van der Waals surface area contributed by atoms with E-state index < -0.39 is 11.8 Å². The quantitative estimate of drug-likeness (QED) is 0.746. The van der Waals surface area contributed by atoms with E-state index in [0.29, 0.717) is 5.69 Å². The highest BCUT2D eigenvalue weighted by Gasteiger charge is 2.24. The summed E-state index contributed by atoms with van der Waals surface area (Å²) in [6.45, 7) is 0. The number of primary amides is 1. The summed E-state index contributed by atoms with van der Waals surface area (Å²) >= 11 is 0. The van der Waals surface area contributed by atoms with Gasteiger partial charge in [-0.25, -0.2) is 0 Å². The number of rotatable bonds is 5. The van der Waals surface area contributed by atoms with Crippen molar-refractivity contribution in [1.29, 1.82) is 0 Å². The van der Waals surface area contributed by atoms with Gasteiger partial charge in [0, 0.05) is 24.0 Å². The van der Waals surface area contributed by atoms with E-state index in [1.54, 1.807) is 0 Å². The molecule has 8 nitrogen and oxygen atoms in total. The van der Waals surface area contributed by atoms with Crippen molar-refractivity contribution in [3.63, 3.8) is 0 Å². The number of anilines is 1. The van der Waals surface area contributed by atoms with E-state index in [-0.39, 0.29) is 28.8 Å². The minimum atomic E-state index is -0.637. The van der Waals surface area contributed by atoms with Crippen LogP contribution in [0, 0.1) is 0 Å². The molecule has 0 bridgehead atoms. The summed E-state index contributed by atoms with van der Waals surface area (Å²) in [5.41, 5.74) is 6.15. The van der Waals surface area contributed by atoms with Gasteiger partial charge in [-0.3, -0.25) is 24.4 Å². The van der Waals surface area contributed by atoms with E-state index in [9.17, 15) is 14.4 Å². The number of carbonyl (C=O) groups excluding carboxylic acids is 3. The molecule has 2 aromatic rings. The molecule has 3 rings (SSSR count). The Hall–Kier alpha value is -3.29. The molecule has 0 spiro atoms. The standard InChI is InChI=1S/C16H15N5O3/c17-14(22)10-5-12(8-18-7-10)21-15(23)9-3-4-19-13(6-9)16(24)20-11-1-2-11/h3-8,11H,1-2H2,(H2,17,22)(H,20,24)(H,21,23). The van der Waals surface area contributed by atoms with Gasteiger partial charge in [0.05, 0.1) is 17.4 Å².